The van der Waals surface area contributed by atoms with E-state index in [1.54, 1.807) is 12.3 Å². The van der Waals surface area contributed by atoms with E-state index in [1.165, 1.54) is 17.0 Å². The number of nitrogens with zero attached hydrogens (tertiary/aromatic N) is 3. The van der Waals surface area contributed by atoms with E-state index >= 15 is 0 Å². The lowest BCUT2D eigenvalue weighted by Crippen LogP contribution is -2.47. The van der Waals surface area contributed by atoms with E-state index in [4.69, 9.17) is 4.74 Å². The van der Waals surface area contributed by atoms with Crippen LogP contribution in [0.3, 0.4) is 0 Å². The van der Waals surface area contributed by atoms with Crippen molar-refractivity contribution in [1.29, 1.82) is 0 Å². The van der Waals surface area contributed by atoms with Gasteiger partial charge in [0.05, 0.1) is 6.61 Å². The van der Waals surface area contributed by atoms with E-state index in [9.17, 15) is 9.59 Å². The molecule has 0 unspecified atom stereocenters. The van der Waals surface area contributed by atoms with Gasteiger partial charge in [-0.2, -0.15) is 0 Å². The molecular weight excluding hydrogens is 364 g/mol. The van der Waals surface area contributed by atoms with Gasteiger partial charge in [-0.05, 0) is 19.1 Å². The summed E-state index contributed by atoms with van der Waals surface area (Å²) in [7, 11) is 0. The molecule has 1 aromatic carbocycles. The summed E-state index contributed by atoms with van der Waals surface area (Å²) < 4.78 is 4.90. The van der Waals surface area contributed by atoms with E-state index in [0.717, 1.165) is 26.2 Å². The average Bonchev–Trinajstić information content (AvgIpc) is 3.16. The molecule has 27 heavy (non-hydrogen) atoms. The van der Waals surface area contributed by atoms with Crippen molar-refractivity contribution in [2.45, 2.75) is 13.3 Å². The van der Waals surface area contributed by atoms with Crippen LogP contribution < -0.4 is 10.2 Å². The second-order valence-electron chi connectivity index (χ2n) is 6.22. The molecule has 1 N–H and O–H groups in total. The standard InChI is InChI=1S/C19H24N4O3S/c1-2-26-18(25)16-14-27-19(20-16)21-17(24)8-9-22-10-12-23(13-11-22)15-6-4-3-5-7-15/h3-7,14H,2,8-13H2,1H3,(H,20,21,24). The van der Waals surface area contributed by atoms with Gasteiger partial charge in [0.2, 0.25) is 5.91 Å². The number of para-hydroxylation sites is 1. The van der Waals surface area contributed by atoms with Crippen LogP contribution >= 0.6 is 11.3 Å². The second kappa shape index (κ2) is 9.48. The monoisotopic (exact) mass is 388 g/mol. The summed E-state index contributed by atoms with van der Waals surface area (Å²) >= 11 is 1.23. The number of carbonyl (C=O) groups excluding carboxylic acids is 2. The van der Waals surface area contributed by atoms with Gasteiger partial charge in [0, 0.05) is 50.2 Å². The van der Waals surface area contributed by atoms with Crippen LogP contribution in [0.25, 0.3) is 0 Å². The van der Waals surface area contributed by atoms with Crippen molar-refractivity contribution in [2.24, 2.45) is 0 Å². The molecule has 3 rings (SSSR count). The second-order valence-corrected chi connectivity index (χ2v) is 7.08. The fourth-order valence-corrected chi connectivity index (χ4v) is 3.64. The number of hydrogen-bond donors (Lipinski definition) is 1. The predicted molar refractivity (Wildman–Crippen MR) is 106 cm³/mol. The van der Waals surface area contributed by atoms with E-state index in [1.807, 2.05) is 6.07 Å². The van der Waals surface area contributed by atoms with Gasteiger partial charge in [-0.1, -0.05) is 18.2 Å². The molecule has 1 amide bonds. The summed E-state index contributed by atoms with van der Waals surface area (Å²) in [6, 6.07) is 10.4. The fraction of sp³-hybridized carbons (Fsp3) is 0.421. The molecule has 1 fully saturated rings. The molecular formula is C19H24N4O3S. The number of piperazine rings is 1. The third-order valence-corrected chi connectivity index (χ3v) is 5.14. The highest BCUT2D eigenvalue weighted by atomic mass is 32.1. The Morgan fingerprint density at radius 2 is 1.93 bits per heavy atom. The highest BCUT2D eigenvalue weighted by Gasteiger charge is 2.18. The van der Waals surface area contributed by atoms with E-state index in [0.29, 0.717) is 24.7 Å². The molecule has 0 radical (unpaired) electrons. The quantitative estimate of drug-likeness (QED) is 0.735. The molecule has 1 saturated heterocycles. The van der Waals surface area contributed by atoms with Crippen LogP contribution in [0.4, 0.5) is 10.8 Å². The normalized spacial score (nSPS) is 14.8. The van der Waals surface area contributed by atoms with Crippen LogP contribution in [0.2, 0.25) is 0 Å². The number of carbonyl (C=O) groups is 2. The highest BCUT2D eigenvalue weighted by Crippen LogP contribution is 2.17. The summed E-state index contributed by atoms with van der Waals surface area (Å²) in [4.78, 5) is 32.5. The number of rotatable bonds is 7. The van der Waals surface area contributed by atoms with Crippen molar-refractivity contribution in [3.05, 3.63) is 41.4 Å². The lowest BCUT2D eigenvalue weighted by atomic mass is 10.2. The lowest BCUT2D eigenvalue weighted by molar-refractivity contribution is -0.116. The molecule has 2 heterocycles. The topological polar surface area (TPSA) is 74.8 Å². The lowest BCUT2D eigenvalue weighted by Gasteiger charge is -2.36. The van der Waals surface area contributed by atoms with Crippen molar-refractivity contribution >= 4 is 34.0 Å². The molecule has 8 heteroatoms. The molecule has 0 bridgehead atoms. The Kier molecular flexibility index (Phi) is 6.78. The maximum atomic E-state index is 12.1. The maximum Gasteiger partial charge on any atom is 0.357 e. The smallest absolute Gasteiger partial charge is 0.357 e. The van der Waals surface area contributed by atoms with Crippen molar-refractivity contribution < 1.29 is 14.3 Å². The van der Waals surface area contributed by atoms with E-state index in [-0.39, 0.29) is 11.6 Å². The molecule has 144 valence electrons. The first-order chi connectivity index (χ1) is 13.2. The minimum absolute atomic E-state index is 0.0924. The molecule has 1 aromatic heterocycles. The maximum absolute atomic E-state index is 12.1. The van der Waals surface area contributed by atoms with Gasteiger partial charge < -0.3 is 15.0 Å². The molecule has 1 aliphatic heterocycles. The van der Waals surface area contributed by atoms with Gasteiger partial charge in [0.25, 0.3) is 0 Å². The molecule has 0 saturated carbocycles. The molecule has 0 spiro atoms. The largest absolute Gasteiger partial charge is 0.461 e. The molecule has 2 aromatic rings. The van der Waals surface area contributed by atoms with E-state index < -0.39 is 5.97 Å². The van der Waals surface area contributed by atoms with Crippen LogP contribution in [-0.4, -0.2) is 61.1 Å². The minimum Gasteiger partial charge on any atom is -0.461 e. The van der Waals surface area contributed by atoms with Gasteiger partial charge in [-0.3, -0.25) is 9.69 Å². The van der Waals surface area contributed by atoms with Crippen molar-refractivity contribution in [2.75, 3.05) is 49.5 Å². The van der Waals surface area contributed by atoms with Crippen molar-refractivity contribution in [3.8, 4) is 0 Å². The number of aromatic nitrogens is 1. The Bertz CT molecular complexity index is 757. The molecule has 0 aliphatic carbocycles. The summed E-state index contributed by atoms with van der Waals surface area (Å²) in [6.45, 7) is 6.55. The van der Waals surface area contributed by atoms with Gasteiger partial charge in [-0.15, -0.1) is 11.3 Å². The Morgan fingerprint density at radius 1 is 1.19 bits per heavy atom. The molecule has 1 aliphatic rings. The van der Waals surface area contributed by atoms with Gasteiger partial charge in [-0.25, -0.2) is 9.78 Å². The Labute approximate surface area is 162 Å². The number of nitrogens with one attached hydrogen (secondary N) is 1. The first kappa shape index (κ1) is 19.3. The zero-order valence-electron chi connectivity index (χ0n) is 15.4. The number of esters is 1. The van der Waals surface area contributed by atoms with E-state index in [2.05, 4.69) is 44.4 Å². The number of benzene rings is 1. The molecule has 0 atom stereocenters. The third kappa shape index (κ3) is 5.51. The Balaban J connectivity index is 1.39. The molecule has 7 nitrogen and oxygen atoms in total. The van der Waals surface area contributed by atoms with Crippen molar-refractivity contribution in [3.63, 3.8) is 0 Å². The zero-order chi connectivity index (χ0) is 19.1. The van der Waals surface area contributed by atoms with Crippen LogP contribution in [0.1, 0.15) is 23.8 Å². The average molecular weight is 388 g/mol. The van der Waals surface area contributed by atoms with Gasteiger partial charge >= 0.3 is 5.97 Å². The SMILES string of the molecule is CCOC(=O)c1csc(NC(=O)CCN2CCN(c3ccccc3)CC2)n1. The summed E-state index contributed by atoms with van der Waals surface area (Å²) in [5, 5.41) is 4.78. The predicted octanol–water partition coefficient (Wildman–Crippen LogP) is 2.47. The van der Waals surface area contributed by atoms with Gasteiger partial charge in [0.1, 0.15) is 0 Å². The van der Waals surface area contributed by atoms with Gasteiger partial charge in [0.15, 0.2) is 10.8 Å². The van der Waals surface area contributed by atoms with Crippen molar-refractivity contribution in [1.82, 2.24) is 9.88 Å². The first-order valence-corrected chi connectivity index (χ1v) is 9.98. The summed E-state index contributed by atoms with van der Waals surface area (Å²) in [5.41, 5.74) is 1.48. The summed E-state index contributed by atoms with van der Waals surface area (Å²) in [6.07, 6.45) is 0.402. The van der Waals surface area contributed by atoms with Crippen LogP contribution in [-0.2, 0) is 9.53 Å². The van der Waals surface area contributed by atoms with Crippen LogP contribution in [0, 0.1) is 0 Å². The Morgan fingerprint density at radius 3 is 2.63 bits per heavy atom. The minimum atomic E-state index is -0.467. The number of anilines is 2. The number of thiazole rings is 1. The highest BCUT2D eigenvalue weighted by molar-refractivity contribution is 7.14. The third-order valence-electron chi connectivity index (χ3n) is 4.38. The summed E-state index contributed by atoms with van der Waals surface area (Å²) in [5.74, 6) is -0.559. The number of amides is 1. The number of hydrogen-bond acceptors (Lipinski definition) is 7. The number of ether oxygens (including phenoxy) is 1. The first-order valence-electron chi connectivity index (χ1n) is 9.10. The Hall–Kier alpha value is -2.45. The fourth-order valence-electron chi connectivity index (χ4n) is 2.94. The van der Waals surface area contributed by atoms with Crippen LogP contribution in [0.5, 0.6) is 0 Å². The van der Waals surface area contributed by atoms with Crippen LogP contribution in [0.15, 0.2) is 35.7 Å². The zero-order valence-corrected chi connectivity index (χ0v) is 16.2.